The molecule has 1 rings (SSSR count). The first kappa shape index (κ1) is 16.0. The maximum Gasteiger partial charge on any atom is 0.241 e. The number of aryl methyl sites for hydroxylation is 1. The fourth-order valence-corrected chi connectivity index (χ4v) is 1.64. The highest BCUT2D eigenvalue weighted by Gasteiger charge is 2.05. The van der Waals surface area contributed by atoms with E-state index in [4.69, 9.17) is 0 Å². The highest BCUT2D eigenvalue weighted by Crippen LogP contribution is 2.04. The molecule has 1 amide bonds. The second-order valence-electron chi connectivity index (χ2n) is 4.83. The zero-order valence-corrected chi connectivity index (χ0v) is 12.7. The van der Waals surface area contributed by atoms with Gasteiger partial charge in [-0.3, -0.25) is 4.79 Å². The molecule has 5 heteroatoms. The van der Waals surface area contributed by atoms with Crippen molar-refractivity contribution in [3.63, 3.8) is 0 Å². The molecule has 0 saturated carbocycles. The van der Waals surface area contributed by atoms with Crippen LogP contribution < -0.4 is 10.6 Å². The number of aliphatic imine (C=N–C) groups is 1. The van der Waals surface area contributed by atoms with E-state index in [-0.39, 0.29) is 12.5 Å². The number of rotatable bonds is 5. The third-order valence-corrected chi connectivity index (χ3v) is 2.75. The molecule has 0 fully saturated rings. The Kier molecular flexibility index (Phi) is 6.56. The van der Waals surface area contributed by atoms with Gasteiger partial charge < -0.3 is 15.5 Å². The Labute approximate surface area is 121 Å². The van der Waals surface area contributed by atoms with Crippen molar-refractivity contribution in [2.24, 2.45) is 4.99 Å². The van der Waals surface area contributed by atoms with E-state index in [0.29, 0.717) is 12.5 Å². The number of hydrogen-bond acceptors (Lipinski definition) is 2. The topological polar surface area (TPSA) is 56.7 Å². The van der Waals surface area contributed by atoms with Crippen molar-refractivity contribution in [1.82, 2.24) is 15.5 Å². The van der Waals surface area contributed by atoms with Crippen LogP contribution in [0.4, 0.5) is 0 Å². The van der Waals surface area contributed by atoms with Gasteiger partial charge in [0.15, 0.2) is 5.96 Å². The van der Waals surface area contributed by atoms with Gasteiger partial charge in [-0.15, -0.1) is 0 Å². The largest absolute Gasteiger partial charge is 0.357 e. The summed E-state index contributed by atoms with van der Waals surface area (Å²) in [5.41, 5.74) is 2.37. The number of benzene rings is 1. The van der Waals surface area contributed by atoms with Crippen molar-refractivity contribution < 1.29 is 4.79 Å². The quantitative estimate of drug-likeness (QED) is 0.626. The van der Waals surface area contributed by atoms with Crippen LogP contribution in [0.2, 0.25) is 0 Å². The standard InChI is InChI=1S/C15H24N4O/c1-5-16-15(18-11-14(20)19(3)4)17-10-13-8-6-7-12(2)9-13/h6-9H,5,10-11H2,1-4H3,(H2,16,17,18). The molecule has 2 N–H and O–H groups in total. The number of carbonyl (C=O) groups excluding carboxylic acids is 1. The minimum absolute atomic E-state index is 0.0196. The van der Waals surface area contributed by atoms with Gasteiger partial charge in [-0.2, -0.15) is 0 Å². The molecule has 0 bridgehead atoms. The average molecular weight is 276 g/mol. The monoisotopic (exact) mass is 276 g/mol. The Hall–Kier alpha value is -2.04. The lowest BCUT2D eigenvalue weighted by atomic mass is 10.1. The van der Waals surface area contributed by atoms with Gasteiger partial charge in [-0.1, -0.05) is 29.8 Å². The van der Waals surface area contributed by atoms with Gasteiger partial charge in [0.25, 0.3) is 0 Å². The van der Waals surface area contributed by atoms with Gasteiger partial charge in [0.2, 0.25) is 5.91 Å². The van der Waals surface area contributed by atoms with Crippen LogP contribution in [0.15, 0.2) is 29.3 Å². The highest BCUT2D eigenvalue weighted by atomic mass is 16.2. The summed E-state index contributed by atoms with van der Waals surface area (Å²) in [5.74, 6) is 0.676. The van der Waals surface area contributed by atoms with Crippen LogP contribution >= 0.6 is 0 Å². The molecule has 0 aliphatic heterocycles. The van der Waals surface area contributed by atoms with Crippen LogP contribution in [0.3, 0.4) is 0 Å². The molecule has 0 unspecified atom stereocenters. The molecule has 1 aromatic rings. The molecule has 0 saturated heterocycles. The first-order chi connectivity index (χ1) is 9.52. The highest BCUT2D eigenvalue weighted by molar-refractivity contribution is 5.86. The van der Waals surface area contributed by atoms with E-state index >= 15 is 0 Å². The summed E-state index contributed by atoms with van der Waals surface area (Å²) in [5, 5.41) is 6.16. The van der Waals surface area contributed by atoms with E-state index in [0.717, 1.165) is 12.1 Å². The van der Waals surface area contributed by atoms with Crippen LogP contribution in [-0.4, -0.2) is 44.0 Å². The Bertz CT molecular complexity index is 469. The fraction of sp³-hybridized carbons (Fsp3) is 0.467. The first-order valence-corrected chi connectivity index (χ1v) is 6.80. The van der Waals surface area contributed by atoms with Gasteiger partial charge in [0.1, 0.15) is 0 Å². The third kappa shape index (κ3) is 5.73. The molecule has 0 aromatic heterocycles. The number of likely N-dealkylation sites (N-methyl/N-ethyl adjacent to an activating group) is 1. The molecule has 110 valence electrons. The number of hydrogen-bond donors (Lipinski definition) is 2. The molecule has 5 nitrogen and oxygen atoms in total. The third-order valence-electron chi connectivity index (χ3n) is 2.75. The molecule has 0 aliphatic carbocycles. The zero-order chi connectivity index (χ0) is 15.0. The zero-order valence-electron chi connectivity index (χ0n) is 12.7. The summed E-state index contributed by atoms with van der Waals surface area (Å²) < 4.78 is 0. The van der Waals surface area contributed by atoms with Crippen molar-refractivity contribution in [3.8, 4) is 0 Å². The van der Waals surface area contributed by atoms with E-state index in [1.54, 1.807) is 19.0 Å². The predicted molar refractivity (Wildman–Crippen MR) is 82.7 cm³/mol. The van der Waals surface area contributed by atoms with Crippen LogP contribution in [0.5, 0.6) is 0 Å². The molecule has 0 atom stereocenters. The molecular formula is C15H24N4O. The number of carbonyl (C=O) groups is 1. The lowest BCUT2D eigenvalue weighted by Gasteiger charge is -2.14. The van der Waals surface area contributed by atoms with Gasteiger partial charge >= 0.3 is 0 Å². The molecule has 0 heterocycles. The SMILES string of the molecule is CCNC(=NCc1cccc(C)c1)NCC(=O)N(C)C. The van der Waals surface area contributed by atoms with Crippen LogP contribution in [-0.2, 0) is 11.3 Å². The fourth-order valence-electron chi connectivity index (χ4n) is 1.64. The van der Waals surface area contributed by atoms with Crippen molar-refractivity contribution in [3.05, 3.63) is 35.4 Å². The van der Waals surface area contributed by atoms with Crippen LogP contribution in [0.25, 0.3) is 0 Å². The summed E-state index contributed by atoms with van der Waals surface area (Å²) in [6.45, 7) is 5.65. The summed E-state index contributed by atoms with van der Waals surface area (Å²) in [6.07, 6.45) is 0. The maximum atomic E-state index is 11.6. The summed E-state index contributed by atoms with van der Waals surface area (Å²) in [6, 6.07) is 8.24. The van der Waals surface area contributed by atoms with Crippen LogP contribution in [0.1, 0.15) is 18.1 Å². The lowest BCUT2D eigenvalue weighted by Crippen LogP contribution is -2.42. The number of nitrogens with one attached hydrogen (secondary N) is 2. The first-order valence-electron chi connectivity index (χ1n) is 6.80. The number of guanidine groups is 1. The normalized spacial score (nSPS) is 11.1. The van der Waals surface area contributed by atoms with Crippen molar-refractivity contribution in [1.29, 1.82) is 0 Å². The van der Waals surface area contributed by atoms with E-state index in [9.17, 15) is 4.79 Å². The second-order valence-corrected chi connectivity index (χ2v) is 4.83. The van der Waals surface area contributed by atoms with Crippen molar-refractivity contribution in [2.75, 3.05) is 27.2 Å². The smallest absolute Gasteiger partial charge is 0.241 e. The minimum Gasteiger partial charge on any atom is -0.357 e. The summed E-state index contributed by atoms with van der Waals surface area (Å²) in [7, 11) is 3.47. The van der Waals surface area contributed by atoms with E-state index in [2.05, 4.69) is 34.7 Å². The van der Waals surface area contributed by atoms with Crippen molar-refractivity contribution in [2.45, 2.75) is 20.4 Å². The molecule has 0 spiro atoms. The maximum absolute atomic E-state index is 11.6. The van der Waals surface area contributed by atoms with Crippen LogP contribution in [0, 0.1) is 6.92 Å². The Balaban J connectivity index is 2.60. The molecule has 20 heavy (non-hydrogen) atoms. The second kappa shape index (κ2) is 8.19. The van der Waals surface area contributed by atoms with Gasteiger partial charge in [0, 0.05) is 20.6 Å². The van der Waals surface area contributed by atoms with Gasteiger partial charge in [0.05, 0.1) is 13.1 Å². The molecule has 0 aliphatic rings. The predicted octanol–water partition coefficient (Wildman–Crippen LogP) is 1.14. The van der Waals surface area contributed by atoms with E-state index < -0.39 is 0 Å². The van der Waals surface area contributed by atoms with Gasteiger partial charge in [-0.25, -0.2) is 4.99 Å². The average Bonchev–Trinajstić information content (AvgIpc) is 2.41. The molecule has 1 aromatic carbocycles. The summed E-state index contributed by atoms with van der Waals surface area (Å²) >= 11 is 0. The van der Waals surface area contributed by atoms with E-state index in [1.807, 2.05) is 19.1 Å². The molecule has 0 radical (unpaired) electrons. The van der Waals surface area contributed by atoms with Gasteiger partial charge in [-0.05, 0) is 19.4 Å². The summed E-state index contributed by atoms with van der Waals surface area (Å²) in [4.78, 5) is 17.6. The van der Waals surface area contributed by atoms with Crippen molar-refractivity contribution >= 4 is 11.9 Å². The Morgan fingerprint density at radius 1 is 1.30 bits per heavy atom. The Morgan fingerprint density at radius 3 is 2.65 bits per heavy atom. The lowest BCUT2D eigenvalue weighted by molar-refractivity contribution is -0.127. The number of amides is 1. The van der Waals surface area contributed by atoms with E-state index in [1.165, 1.54) is 5.56 Å². The minimum atomic E-state index is 0.0196. The molecular weight excluding hydrogens is 252 g/mol. The Morgan fingerprint density at radius 2 is 2.05 bits per heavy atom. The number of nitrogens with zero attached hydrogens (tertiary/aromatic N) is 2.